The van der Waals surface area contributed by atoms with Gasteiger partial charge < -0.3 is 5.32 Å². The summed E-state index contributed by atoms with van der Waals surface area (Å²) < 4.78 is 27.3. The molecule has 0 radical (unpaired) electrons. The van der Waals surface area contributed by atoms with Crippen LogP contribution < -0.4 is 10.0 Å². The second-order valence-electron chi connectivity index (χ2n) is 4.87. The summed E-state index contributed by atoms with van der Waals surface area (Å²) in [6.45, 7) is 3.60. The Morgan fingerprint density at radius 1 is 1.33 bits per heavy atom. The molecule has 0 spiro atoms. The lowest BCUT2D eigenvalue weighted by Crippen LogP contribution is -2.52. The Morgan fingerprint density at radius 2 is 2.00 bits per heavy atom. The lowest BCUT2D eigenvalue weighted by molar-refractivity contribution is 0.308. The summed E-state index contributed by atoms with van der Waals surface area (Å²) in [5, 5.41) is 3.64. The molecule has 1 aliphatic heterocycles. The van der Waals surface area contributed by atoms with Gasteiger partial charge in [-0.1, -0.05) is 17.7 Å². The van der Waals surface area contributed by atoms with Gasteiger partial charge in [0.25, 0.3) is 0 Å². The summed E-state index contributed by atoms with van der Waals surface area (Å²) in [5.41, 5.74) is -0.383. The van der Waals surface area contributed by atoms with Crippen LogP contribution in [-0.2, 0) is 10.0 Å². The molecule has 18 heavy (non-hydrogen) atoms. The Hall–Kier alpha value is -0.620. The molecule has 6 heteroatoms. The van der Waals surface area contributed by atoms with Crippen molar-refractivity contribution in [1.82, 2.24) is 10.0 Å². The van der Waals surface area contributed by atoms with Crippen LogP contribution in [0.15, 0.2) is 29.2 Å². The van der Waals surface area contributed by atoms with Gasteiger partial charge in [0.2, 0.25) is 10.0 Å². The van der Waals surface area contributed by atoms with Gasteiger partial charge >= 0.3 is 0 Å². The first-order chi connectivity index (χ1) is 8.41. The summed E-state index contributed by atoms with van der Waals surface area (Å²) in [5.74, 6) is 0. The maximum atomic E-state index is 12.3. The van der Waals surface area contributed by atoms with Gasteiger partial charge in [0.1, 0.15) is 0 Å². The van der Waals surface area contributed by atoms with Crippen molar-refractivity contribution in [3.8, 4) is 0 Å². The molecule has 0 aliphatic carbocycles. The van der Waals surface area contributed by atoms with Gasteiger partial charge in [-0.05, 0) is 51.1 Å². The predicted octanol–water partition coefficient (Wildman–Crippen LogP) is 1.76. The Bertz CT molecular complexity index is 525. The topological polar surface area (TPSA) is 58.2 Å². The van der Waals surface area contributed by atoms with Crippen LogP contribution in [0.1, 0.15) is 19.8 Å². The highest BCUT2D eigenvalue weighted by Crippen LogP contribution is 2.22. The zero-order valence-corrected chi connectivity index (χ0v) is 11.8. The maximum absolute atomic E-state index is 12.3. The van der Waals surface area contributed by atoms with Crippen LogP contribution in [0, 0.1) is 0 Å². The minimum absolute atomic E-state index is 0.217. The van der Waals surface area contributed by atoms with E-state index in [0.29, 0.717) is 5.02 Å². The van der Waals surface area contributed by atoms with Gasteiger partial charge in [0, 0.05) is 10.6 Å². The molecule has 1 saturated heterocycles. The normalized spacial score (nSPS) is 19.7. The van der Waals surface area contributed by atoms with Gasteiger partial charge in [-0.2, -0.15) is 0 Å². The molecule has 2 N–H and O–H groups in total. The van der Waals surface area contributed by atoms with E-state index in [1.807, 2.05) is 6.92 Å². The van der Waals surface area contributed by atoms with E-state index < -0.39 is 10.0 Å². The van der Waals surface area contributed by atoms with E-state index in [0.717, 1.165) is 25.9 Å². The van der Waals surface area contributed by atoms with E-state index in [1.54, 1.807) is 18.2 Å². The largest absolute Gasteiger partial charge is 0.317 e. The summed E-state index contributed by atoms with van der Waals surface area (Å²) in [6.07, 6.45) is 1.57. The molecule has 0 aromatic heterocycles. The zero-order chi connectivity index (χ0) is 13.2. The number of rotatable bonds is 3. The van der Waals surface area contributed by atoms with Crippen LogP contribution in [-0.4, -0.2) is 27.0 Å². The first-order valence-electron chi connectivity index (χ1n) is 5.92. The molecule has 4 nitrogen and oxygen atoms in total. The van der Waals surface area contributed by atoms with E-state index >= 15 is 0 Å². The second kappa shape index (κ2) is 5.17. The molecule has 1 heterocycles. The Kier molecular flexibility index (Phi) is 3.96. The third kappa shape index (κ3) is 3.23. The predicted molar refractivity (Wildman–Crippen MR) is 72.3 cm³/mol. The van der Waals surface area contributed by atoms with Crippen molar-refractivity contribution in [1.29, 1.82) is 0 Å². The summed E-state index contributed by atoms with van der Waals surface area (Å²) in [6, 6.07) is 6.32. The number of hydrogen-bond acceptors (Lipinski definition) is 3. The molecule has 2 rings (SSSR count). The van der Waals surface area contributed by atoms with Crippen LogP contribution in [0.2, 0.25) is 5.02 Å². The fourth-order valence-electron chi connectivity index (χ4n) is 2.10. The highest BCUT2D eigenvalue weighted by Gasteiger charge is 2.31. The first-order valence-corrected chi connectivity index (χ1v) is 7.78. The second-order valence-corrected chi connectivity index (χ2v) is 6.99. The van der Waals surface area contributed by atoms with Crippen molar-refractivity contribution >= 4 is 21.6 Å². The van der Waals surface area contributed by atoms with Gasteiger partial charge in [-0.15, -0.1) is 0 Å². The molecule has 0 saturated carbocycles. The number of benzene rings is 1. The molecule has 0 atom stereocenters. The summed E-state index contributed by atoms with van der Waals surface area (Å²) in [7, 11) is -3.50. The highest BCUT2D eigenvalue weighted by molar-refractivity contribution is 7.89. The molecule has 1 fully saturated rings. The van der Waals surface area contributed by atoms with Crippen LogP contribution in [0.3, 0.4) is 0 Å². The summed E-state index contributed by atoms with van der Waals surface area (Å²) in [4.78, 5) is 0.217. The van der Waals surface area contributed by atoms with E-state index in [2.05, 4.69) is 10.0 Å². The van der Waals surface area contributed by atoms with Crippen molar-refractivity contribution in [2.75, 3.05) is 13.1 Å². The van der Waals surface area contributed by atoms with Crippen molar-refractivity contribution in [2.45, 2.75) is 30.2 Å². The molecule has 1 aromatic rings. The van der Waals surface area contributed by atoms with Crippen LogP contribution >= 0.6 is 11.6 Å². The van der Waals surface area contributed by atoms with Crippen molar-refractivity contribution in [3.05, 3.63) is 29.3 Å². The lowest BCUT2D eigenvalue weighted by atomic mass is 9.92. The third-order valence-electron chi connectivity index (χ3n) is 3.19. The van der Waals surface area contributed by atoms with E-state index in [1.165, 1.54) is 6.07 Å². The third-order valence-corrected chi connectivity index (χ3v) is 5.07. The SMILES string of the molecule is CC1(NS(=O)(=O)c2cccc(Cl)c2)CCNCC1. The number of sulfonamides is 1. The molecule has 0 bridgehead atoms. The first kappa shape index (κ1) is 13.8. The Balaban J connectivity index is 2.21. The van der Waals surface area contributed by atoms with Crippen LogP contribution in [0.25, 0.3) is 0 Å². The monoisotopic (exact) mass is 288 g/mol. The highest BCUT2D eigenvalue weighted by atomic mass is 35.5. The molecule has 0 unspecified atom stereocenters. The number of hydrogen-bond donors (Lipinski definition) is 2. The number of halogens is 1. The Morgan fingerprint density at radius 3 is 2.61 bits per heavy atom. The Labute approximate surface area is 113 Å². The molecular formula is C12H17ClN2O2S. The fourth-order valence-corrected chi connectivity index (χ4v) is 3.86. The smallest absolute Gasteiger partial charge is 0.241 e. The summed E-state index contributed by atoms with van der Waals surface area (Å²) >= 11 is 5.83. The molecule has 1 aliphatic rings. The van der Waals surface area contributed by atoms with E-state index in [-0.39, 0.29) is 10.4 Å². The van der Waals surface area contributed by atoms with Gasteiger partial charge in [0.05, 0.1) is 4.90 Å². The number of piperidine rings is 1. The molecule has 100 valence electrons. The van der Waals surface area contributed by atoms with Gasteiger partial charge in [0.15, 0.2) is 0 Å². The zero-order valence-electron chi connectivity index (χ0n) is 10.2. The van der Waals surface area contributed by atoms with Crippen molar-refractivity contribution < 1.29 is 8.42 Å². The number of nitrogens with one attached hydrogen (secondary N) is 2. The minimum atomic E-state index is -3.50. The van der Waals surface area contributed by atoms with Crippen LogP contribution in [0.4, 0.5) is 0 Å². The quantitative estimate of drug-likeness (QED) is 0.891. The van der Waals surface area contributed by atoms with Gasteiger partial charge in [-0.3, -0.25) is 0 Å². The molecular weight excluding hydrogens is 272 g/mol. The fraction of sp³-hybridized carbons (Fsp3) is 0.500. The maximum Gasteiger partial charge on any atom is 0.241 e. The molecule has 0 amide bonds. The van der Waals surface area contributed by atoms with Crippen molar-refractivity contribution in [3.63, 3.8) is 0 Å². The standard InChI is InChI=1S/C12H17ClN2O2S/c1-12(5-7-14-8-6-12)15-18(16,17)11-4-2-3-10(13)9-11/h2-4,9,14-15H,5-8H2,1H3. The molecule has 1 aromatic carbocycles. The van der Waals surface area contributed by atoms with Gasteiger partial charge in [-0.25, -0.2) is 13.1 Å². The van der Waals surface area contributed by atoms with Crippen LogP contribution in [0.5, 0.6) is 0 Å². The van der Waals surface area contributed by atoms with E-state index in [9.17, 15) is 8.42 Å². The lowest BCUT2D eigenvalue weighted by Gasteiger charge is -2.34. The van der Waals surface area contributed by atoms with E-state index in [4.69, 9.17) is 11.6 Å². The minimum Gasteiger partial charge on any atom is -0.317 e. The van der Waals surface area contributed by atoms with Crippen molar-refractivity contribution in [2.24, 2.45) is 0 Å². The average molecular weight is 289 g/mol. The average Bonchev–Trinajstić information content (AvgIpc) is 2.28.